The lowest BCUT2D eigenvalue weighted by atomic mass is 10.3. The fourth-order valence-electron chi connectivity index (χ4n) is 2.66. The SMILES string of the molecule is O=C(Nc1ccncn1)c1cnc2ccc(N3CC[C@H](F)C3)nn12. The summed E-state index contributed by atoms with van der Waals surface area (Å²) in [5, 5.41) is 7.10. The molecule has 0 bridgehead atoms. The third-order valence-electron chi connectivity index (χ3n) is 3.86. The van der Waals surface area contributed by atoms with Crippen molar-refractivity contribution in [1.29, 1.82) is 0 Å². The number of aromatic nitrogens is 5. The molecule has 122 valence electrons. The van der Waals surface area contributed by atoms with E-state index in [1.165, 1.54) is 23.2 Å². The average Bonchev–Trinajstić information content (AvgIpc) is 3.21. The number of rotatable bonds is 3. The van der Waals surface area contributed by atoms with Crippen LogP contribution in [0.5, 0.6) is 0 Å². The summed E-state index contributed by atoms with van der Waals surface area (Å²) < 4.78 is 14.9. The quantitative estimate of drug-likeness (QED) is 0.780. The largest absolute Gasteiger partial charge is 0.352 e. The predicted molar refractivity (Wildman–Crippen MR) is 84.7 cm³/mol. The van der Waals surface area contributed by atoms with Crippen molar-refractivity contribution in [1.82, 2.24) is 24.6 Å². The van der Waals surface area contributed by atoms with Crippen LogP contribution in [0.2, 0.25) is 0 Å². The minimum Gasteiger partial charge on any atom is -0.352 e. The fraction of sp³-hybridized carbons (Fsp3) is 0.267. The number of nitrogens with one attached hydrogen (secondary N) is 1. The summed E-state index contributed by atoms with van der Waals surface area (Å²) in [6.45, 7) is 0.923. The summed E-state index contributed by atoms with van der Waals surface area (Å²) >= 11 is 0. The van der Waals surface area contributed by atoms with Gasteiger partial charge in [-0.1, -0.05) is 0 Å². The number of halogens is 1. The Bertz CT molecular complexity index is 882. The smallest absolute Gasteiger partial charge is 0.277 e. The zero-order valence-corrected chi connectivity index (χ0v) is 12.6. The highest BCUT2D eigenvalue weighted by atomic mass is 19.1. The summed E-state index contributed by atoms with van der Waals surface area (Å²) in [6, 6.07) is 5.13. The molecule has 8 nitrogen and oxygen atoms in total. The van der Waals surface area contributed by atoms with Gasteiger partial charge in [-0.15, -0.1) is 5.10 Å². The lowest BCUT2D eigenvalue weighted by Crippen LogP contribution is -2.23. The Morgan fingerprint density at radius 1 is 1.29 bits per heavy atom. The van der Waals surface area contributed by atoms with Crippen molar-refractivity contribution in [2.24, 2.45) is 0 Å². The summed E-state index contributed by atoms with van der Waals surface area (Å²) in [7, 11) is 0. The Balaban J connectivity index is 1.64. The molecule has 1 fully saturated rings. The molecule has 24 heavy (non-hydrogen) atoms. The Hall–Kier alpha value is -3.10. The second-order valence-corrected chi connectivity index (χ2v) is 5.49. The van der Waals surface area contributed by atoms with Crippen LogP contribution in [0.4, 0.5) is 16.0 Å². The molecule has 0 radical (unpaired) electrons. The van der Waals surface area contributed by atoms with E-state index in [1.807, 2.05) is 4.90 Å². The third kappa shape index (κ3) is 2.64. The second-order valence-electron chi connectivity index (χ2n) is 5.49. The summed E-state index contributed by atoms with van der Waals surface area (Å²) in [6.07, 6.45) is 3.98. The highest BCUT2D eigenvalue weighted by Crippen LogP contribution is 2.20. The number of imidazole rings is 1. The molecule has 0 aromatic carbocycles. The van der Waals surface area contributed by atoms with E-state index in [2.05, 4.69) is 25.4 Å². The lowest BCUT2D eigenvalue weighted by Gasteiger charge is -2.16. The Morgan fingerprint density at radius 3 is 2.96 bits per heavy atom. The summed E-state index contributed by atoms with van der Waals surface area (Å²) in [4.78, 5) is 26.2. The summed E-state index contributed by atoms with van der Waals surface area (Å²) in [5.74, 6) is 0.633. The minimum atomic E-state index is -0.842. The Morgan fingerprint density at radius 2 is 2.21 bits per heavy atom. The molecule has 4 heterocycles. The van der Waals surface area contributed by atoms with Crippen molar-refractivity contribution in [3.05, 3.63) is 42.6 Å². The molecule has 3 aromatic heterocycles. The van der Waals surface area contributed by atoms with Gasteiger partial charge in [-0.05, 0) is 24.6 Å². The van der Waals surface area contributed by atoms with Crippen molar-refractivity contribution >= 4 is 23.2 Å². The van der Waals surface area contributed by atoms with Crippen LogP contribution in [0.3, 0.4) is 0 Å². The van der Waals surface area contributed by atoms with E-state index in [9.17, 15) is 9.18 Å². The number of fused-ring (bicyclic) bond motifs is 1. The minimum absolute atomic E-state index is 0.279. The predicted octanol–water partition coefficient (Wildman–Crippen LogP) is 1.32. The Labute approximate surface area is 136 Å². The molecule has 1 aliphatic rings. The standard InChI is InChI=1S/C15H14FN7O/c16-10-4-6-22(8-10)14-2-1-13-18-7-11(23(13)21-14)15(24)20-12-3-5-17-9-19-12/h1-3,5,7,9-10H,4,6,8H2,(H,17,19,20,24)/t10-/m0/s1. The molecular formula is C15H14FN7O. The molecule has 1 aliphatic heterocycles. The highest BCUT2D eigenvalue weighted by molar-refractivity contribution is 6.02. The van der Waals surface area contributed by atoms with Gasteiger partial charge in [0.15, 0.2) is 11.3 Å². The highest BCUT2D eigenvalue weighted by Gasteiger charge is 2.24. The maximum Gasteiger partial charge on any atom is 0.277 e. The van der Waals surface area contributed by atoms with Crippen molar-refractivity contribution < 1.29 is 9.18 Å². The number of hydrogen-bond donors (Lipinski definition) is 1. The van der Waals surface area contributed by atoms with Gasteiger partial charge in [-0.25, -0.2) is 23.9 Å². The molecule has 1 atom stereocenters. The maximum atomic E-state index is 13.4. The van der Waals surface area contributed by atoms with E-state index < -0.39 is 6.17 Å². The van der Waals surface area contributed by atoms with Crippen LogP contribution in [-0.2, 0) is 0 Å². The van der Waals surface area contributed by atoms with Crippen molar-refractivity contribution in [3.63, 3.8) is 0 Å². The zero-order chi connectivity index (χ0) is 16.5. The van der Waals surface area contributed by atoms with E-state index in [4.69, 9.17) is 0 Å². The van der Waals surface area contributed by atoms with Crippen LogP contribution in [0.1, 0.15) is 16.9 Å². The fourth-order valence-corrected chi connectivity index (χ4v) is 2.66. The van der Waals surface area contributed by atoms with Gasteiger partial charge in [0.25, 0.3) is 5.91 Å². The monoisotopic (exact) mass is 327 g/mol. The van der Waals surface area contributed by atoms with Gasteiger partial charge < -0.3 is 10.2 Å². The zero-order valence-electron chi connectivity index (χ0n) is 12.6. The van der Waals surface area contributed by atoms with Crippen LogP contribution in [-0.4, -0.2) is 49.7 Å². The van der Waals surface area contributed by atoms with Crippen LogP contribution in [0.15, 0.2) is 36.9 Å². The Kier molecular flexibility index (Phi) is 3.52. The van der Waals surface area contributed by atoms with Gasteiger partial charge in [0.1, 0.15) is 24.1 Å². The summed E-state index contributed by atoms with van der Waals surface area (Å²) in [5.41, 5.74) is 0.823. The molecule has 0 spiro atoms. The van der Waals surface area contributed by atoms with Crippen molar-refractivity contribution in [2.75, 3.05) is 23.3 Å². The van der Waals surface area contributed by atoms with Crippen molar-refractivity contribution in [3.8, 4) is 0 Å². The molecule has 3 aromatic rings. The van der Waals surface area contributed by atoms with E-state index in [0.717, 1.165) is 0 Å². The van der Waals surface area contributed by atoms with E-state index in [1.54, 1.807) is 18.2 Å². The normalized spacial score (nSPS) is 17.4. The van der Waals surface area contributed by atoms with Gasteiger partial charge >= 0.3 is 0 Å². The van der Waals surface area contributed by atoms with Gasteiger partial charge in [0, 0.05) is 12.7 Å². The second kappa shape index (κ2) is 5.84. The first-order chi connectivity index (χ1) is 11.7. The first kappa shape index (κ1) is 14.5. The first-order valence-corrected chi connectivity index (χ1v) is 7.52. The van der Waals surface area contributed by atoms with E-state index >= 15 is 0 Å². The van der Waals surface area contributed by atoms with Gasteiger partial charge in [0.05, 0.1) is 12.7 Å². The molecule has 0 saturated carbocycles. The van der Waals surface area contributed by atoms with Gasteiger partial charge in [0.2, 0.25) is 0 Å². The van der Waals surface area contributed by atoms with Gasteiger partial charge in [-0.2, -0.15) is 0 Å². The molecule has 0 aliphatic carbocycles. The molecule has 1 saturated heterocycles. The van der Waals surface area contributed by atoms with Crippen molar-refractivity contribution in [2.45, 2.75) is 12.6 Å². The number of amides is 1. The number of carbonyl (C=O) groups excluding carboxylic acids is 1. The average molecular weight is 327 g/mol. The number of alkyl halides is 1. The number of hydrogen-bond acceptors (Lipinski definition) is 6. The lowest BCUT2D eigenvalue weighted by molar-refractivity contribution is 0.102. The third-order valence-corrected chi connectivity index (χ3v) is 3.86. The van der Waals surface area contributed by atoms with Crippen LogP contribution >= 0.6 is 0 Å². The number of carbonyl (C=O) groups is 1. The molecule has 0 unspecified atom stereocenters. The van der Waals surface area contributed by atoms with E-state index in [-0.39, 0.29) is 11.6 Å². The molecule has 1 N–H and O–H groups in total. The van der Waals surface area contributed by atoms with Crippen LogP contribution in [0.25, 0.3) is 5.65 Å². The van der Waals surface area contributed by atoms with Crippen LogP contribution < -0.4 is 10.2 Å². The topological polar surface area (TPSA) is 88.3 Å². The molecule has 4 rings (SSSR count). The van der Waals surface area contributed by atoms with Gasteiger partial charge in [-0.3, -0.25) is 4.79 Å². The maximum absolute atomic E-state index is 13.4. The first-order valence-electron chi connectivity index (χ1n) is 7.52. The molecule has 1 amide bonds. The number of nitrogens with zero attached hydrogens (tertiary/aromatic N) is 6. The van der Waals surface area contributed by atoms with E-state index in [0.29, 0.717) is 36.8 Å². The molecule has 9 heteroatoms. The number of anilines is 2. The molecular weight excluding hydrogens is 313 g/mol. The van der Waals surface area contributed by atoms with Crippen LogP contribution in [0, 0.1) is 0 Å².